The van der Waals surface area contributed by atoms with Gasteiger partial charge in [0.25, 0.3) is 0 Å². The molecule has 0 atom stereocenters. The molecule has 0 spiro atoms. The second-order valence-corrected chi connectivity index (χ2v) is 4.67. The molecule has 0 radical (unpaired) electrons. The highest BCUT2D eigenvalue weighted by atomic mass is 14.8. The highest BCUT2D eigenvalue weighted by molar-refractivity contribution is 6.17. The SMILES string of the molecule is C=CCN=C(c1ccccc1)c1ccccc1N=C(C#N)C=C. The molecule has 0 saturated heterocycles. The molecule has 23 heavy (non-hydrogen) atoms. The minimum absolute atomic E-state index is 0.272. The van der Waals surface area contributed by atoms with Gasteiger partial charge in [0.05, 0.1) is 17.9 Å². The Morgan fingerprint density at radius 3 is 2.39 bits per heavy atom. The topological polar surface area (TPSA) is 48.5 Å². The molecule has 2 rings (SSSR count). The summed E-state index contributed by atoms with van der Waals surface area (Å²) >= 11 is 0. The fourth-order valence-corrected chi connectivity index (χ4v) is 2.10. The first kappa shape index (κ1) is 16.1. The number of hydrogen-bond acceptors (Lipinski definition) is 3. The lowest BCUT2D eigenvalue weighted by Crippen LogP contribution is -2.05. The first-order valence-corrected chi connectivity index (χ1v) is 7.21. The standard InChI is InChI=1S/C20H17N3/c1-3-14-22-20(16-10-6-5-7-11-16)18-12-8-9-13-19(18)23-17(4-2)15-21/h3-13H,1-2,14H2. The first-order valence-electron chi connectivity index (χ1n) is 7.21. The molecule has 2 aromatic rings. The molecule has 3 nitrogen and oxygen atoms in total. The molecule has 0 bridgehead atoms. The molecular formula is C20H17N3. The van der Waals surface area contributed by atoms with E-state index in [1.807, 2.05) is 60.7 Å². The van der Waals surface area contributed by atoms with Crippen molar-refractivity contribution < 1.29 is 0 Å². The Kier molecular flexibility index (Phi) is 5.79. The van der Waals surface area contributed by atoms with E-state index in [2.05, 4.69) is 23.1 Å². The van der Waals surface area contributed by atoms with Crippen LogP contribution >= 0.6 is 0 Å². The zero-order chi connectivity index (χ0) is 16.5. The van der Waals surface area contributed by atoms with Crippen molar-refractivity contribution in [2.75, 3.05) is 6.54 Å². The van der Waals surface area contributed by atoms with E-state index < -0.39 is 0 Å². The molecule has 0 saturated carbocycles. The summed E-state index contributed by atoms with van der Waals surface area (Å²) < 4.78 is 0. The first-order chi connectivity index (χ1) is 11.3. The van der Waals surface area contributed by atoms with Gasteiger partial charge in [0.15, 0.2) is 0 Å². The predicted octanol–water partition coefficient (Wildman–Crippen LogP) is 4.49. The number of allylic oxidation sites excluding steroid dienone is 1. The number of nitriles is 1. The summed E-state index contributed by atoms with van der Waals surface area (Å²) in [5, 5.41) is 9.08. The van der Waals surface area contributed by atoms with E-state index in [1.54, 1.807) is 6.08 Å². The number of para-hydroxylation sites is 1. The number of hydrogen-bond donors (Lipinski definition) is 0. The number of nitrogens with zero attached hydrogens (tertiary/aromatic N) is 3. The Labute approximate surface area is 136 Å². The normalized spacial score (nSPS) is 11.6. The third kappa shape index (κ3) is 4.12. The summed E-state index contributed by atoms with van der Waals surface area (Å²) in [5.41, 5.74) is 3.65. The molecular weight excluding hydrogens is 282 g/mol. The van der Waals surface area contributed by atoms with Crippen LogP contribution < -0.4 is 0 Å². The average molecular weight is 299 g/mol. The van der Waals surface area contributed by atoms with Crippen LogP contribution in [-0.2, 0) is 0 Å². The average Bonchev–Trinajstić information content (AvgIpc) is 2.62. The quantitative estimate of drug-likeness (QED) is 0.572. The van der Waals surface area contributed by atoms with E-state index in [9.17, 15) is 0 Å². The Morgan fingerprint density at radius 2 is 1.74 bits per heavy atom. The van der Waals surface area contributed by atoms with Crippen LogP contribution in [0.1, 0.15) is 11.1 Å². The number of benzene rings is 2. The molecule has 0 aliphatic heterocycles. The van der Waals surface area contributed by atoms with Crippen molar-refractivity contribution in [3.05, 3.63) is 91.0 Å². The maximum absolute atomic E-state index is 9.08. The van der Waals surface area contributed by atoms with Crippen LogP contribution in [0.25, 0.3) is 0 Å². The minimum atomic E-state index is 0.272. The monoisotopic (exact) mass is 299 g/mol. The van der Waals surface area contributed by atoms with Gasteiger partial charge in [-0.2, -0.15) is 5.26 Å². The molecule has 0 amide bonds. The summed E-state index contributed by atoms with van der Waals surface area (Å²) in [6.07, 6.45) is 3.19. The van der Waals surface area contributed by atoms with Crippen LogP contribution in [0.3, 0.4) is 0 Å². The summed E-state index contributed by atoms with van der Waals surface area (Å²) in [4.78, 5) is 9.00. The largest absolute Gasteiger partial charge is 0.280 e. The maximum atomic E-state index is 9.08. The van der Waals surface area contributed by atoms with E-state index in [-0.39, 0.29) is 5.71 Å². The van der Waals surface area contributed by atoms with Crippen molar-refractivity contribution >= 4 is 17.1 Å². The van der Waals surface area contributed by atoms with Gasteiger partial charge in [-0.3, -0.25) is 4.99 Å². The molecule has 0 unspecified atom stereocenters. The van der Waals surface area contributed by atoms with Gasteiger partial charge in [0.2, 0.25) is 0 Å². The van der Waals surface area contributed by atoms with Crippen molar-refractivity contribution in [3.8, 4) is 6.07 Å². The summed E-state index contributed by atoms with van der Waals surface area (Å²) in [5.74, 6) is 0. The van der Waals surface area contributed by atoms with Crippen molar-refractivity contribution in [1.82, 2.24) is 0 Å². The van der Waals surface area contributed by atoms with E-state index in [1.165, 1.54) is 6.08 Å². The fourth-order valence-electron chi connectivity index (χ4n) is 2.10. The Balaban J connectivity index is 2.61. The predicted molar refractivity (Wildman–Crippen MR) is 96.5 cm³/mol. The van der Waals surface area contributed by atoms with Gasteiger partial charge in [-0.15, -0.1) is 6.58 Å². The van der Waals surface area contributed by atoms with Crippen molar-refractivity contribution in [2.24, 2.45) is 9.98 Å². The Bertz CT molecular complexity index is 793. The van der Waals surface area contributed by atoms with Crippen molar-refractivity contribution in [3.63, 3.8) is 0 Å². The van der Waals surface area contributed by atoms with E-state index in [0.717, 1.165) is 16.8 Å². The minimum Gasteiger partial charge on any atom is -0.280 e. The smallest absolute Gasteiger partial charge is 0.140 e. The molecule has 0 aliphatic carbocycles. The van der Waals surface area contributed by atoms with Gasteiger partial charge in [-0.25, -0.2) is 4.99 Å². The lowest BCUT2D eigenvalue weighted by atomic mass is 10.0. The van der Waals surface area contributed by atoms with Gasteiger partial charge >= 0.3 is 0 Å². The van der Waals surface area contributed by atoms with Crippen LogP contribution in [0.15, 0.2) is 89.9 Å². The molecule has 0 fully saturated rings. The lowest BCUT2D eigenvalue weighted by molar-refractivity contribution is 1.24. The molecule has 3 heteroatoms. The van der Waals surface area contributed by atoms with Crippen molar-refractivity contribution in [2.45, 2.75) is 0 Å². The second-order valence-electron chi connectivity index (χ2n) is 4.67. The van der Waals surface area contributed by atoms with Gasteiger partial charge in [-0.05, 0) is 12.1 Å². The van der Waals surface area contributed by atoms with Gasteiger partial charge in [0, 0.05) is 11.1 Å². The van der Waals surface area contributed by atoms with Crippen LogP contribution in [0, 0.1) is 11.3 Å². The highest BCUT2D eigenvalue weighted by Gasteiger charge is 2.11. The Morgan fingerprint density at radius 1 is 1.04 bits per heavy atom. The van der Waals surface area contributed by atoms with Gasteiger partial charge in [0.1, 0.15) is 11.8 Å². The highest BCUT2D eigenvalue weighted by Crippen LogP contribution is 2.23. The zero-order valence-corrected chi connectivity index (χ0v) is 12.8. The third-order valence-electron chi connectivity index (χ3n) is 3.13. The molecule has 0 aromatic heterocycles. The summed E-state index contributed by atoms with van der Waals surface area (Å²) in [7, 11) is 0. The second kappa shape index (κ2) is 8.26. The van der Waals surface area contributed by atoms with Crippen LogP contribution in [0.2, 0.25) is 0 Å². The van der Waals surface area contributed by atoms with E-state index >= 15 is 0 Å². The summed E-state index contributed by atoms with van der Waals surface area (Å²) in [6.45, 7) is 7.85. The van der Waals surface area contributed by atoms with Crippen LogP contribution in [-0.4, -0.2) is 18.0 Å². The molecule has 2 aromatic carbocycles. The van der Waals surface area contributed by atoms with Gasteiger partial charge < -0.3 is 0 Å². The molecule has 0 heterocycles. The third-order valence-corrected chi connectivity index (χ3v) is 3.13. The van der Waals surface area contributed by atoms with E-state index in [4.69, 9.17) is 5.26 Å². The van der Waals surface area contributed by atoms with E-state index in [0.29, 0.717) is 12.2 Å². The molecule has 0 N–H and O–H groups in total. The van der Waals surface area contributed by atoms with Crippen molar-refractivity contribution in [1.29, 1.82) is 5.26 Å². The van der Waals surface area contributed by atoms with Crippen LogP contribution in [0.4, 0.5) is 5.69 Å². The lowest BCUT2D eigenvalue weighted by Gasteiger charge is -2.10. The molecule has 112 valence electrons. The van der Waals surface area contributed by atoms with Crippen LogP contribution in [0.5, 0.6) is 0 Å². The van der Waals surface area contributed by atoms with Gasteiger partial charge in [-0.1, -0.05) is 61.2 Å². The number of aliphatic imine (C=N–C) groups is 2. The maximum Gasteiger partial charge on any atom is 0.140 e. The fraction of sp³-hybridized carbons (Fsp3) is 0.0500. The summed E-state index contributed by atoms with van der Waals surface area (Å²) in [6, 6.07) is 19.6. The zero-order valence-electron chi connectivity index (χ0n) is 12.8. The number of rotatable bonds is 6. The Hall–Kier alpha value is -3.25. The molecule has 0 aliphatic rings.